The molecule has 4 heteroatoms. The molecule has 2 heterocycles. The summed E-state index contributed by atoms with van der Waals surface area (Å²) in [7, 11) is 0. The van der Waals surface area contributed by atoms with Crippen LogP contribution in [0, 0.1) is 5.92 Å². The van der Waals surface area contributed by atoms with Crippen molar-refractivity contribution in [2.24, 2.45) is 11.7 Å². The zero-order chi connectivity index (χ0) is 12.1. The van der Waals surface area contributed by atoms with Gasteiger partial charge in [-0.05, 0) is 45.0 Å². The number of thioether (sulfide) groups is 1. The lowest BCUT2D eigenvalue weighted by molar-refractivity contribution is 0.125. The van der Waals surface area contributed by atoms with Crippen LogP contribution in [0.3, 0.4) is 0 Å². The van der Waals surface area contributed by atoms with Crippen LogP contribution >= 0.6 is 11.8 Å². The van der Waals surface area contributed by atoms with E-state index in [1.165, 1.54) is 38.8 Å². The number of nitrogens with two attached hydrogens (primary N) is 1. The molecule has 2 aliphatic heterocycles. The van der Waals surface area contributed by atoms with Crippen LogP contribution in [0.15, 0.2) is 0 Å². The molecule has 2 rings (SSSR count). The normalized spacial score (nSPS) is 33.5. The highest BCUT2D eigenvalue weighted by molar-refractivity contribution is 7.99. The summed E-state index contributed by atoms with van der Waals surface area (Å²) >= 11 is 2.03. The van der Waals surface area contributed by atoms with Crippen LogP contribution < -0.4 is 5.73 Å². The van der Waals surface area contributed by atoms with Crippen molar-refractivity contribution in [1.82, 2.24) is 4.90 Å². The summed E-state index contributed by atoms with van der Waals surface area (Å²) in [5, 5.41) is 0.859. The minimum atomic E-state index is 0.554. The molecule has 100 valence electrons. The van der Waals surface area contributed by atoms with Crippen LogP contribution in [0.1, 0.15) is 25.7 Å². The highest BCUT2D eigenvalue weighted by Gasteiger charge is 2.30. The Bertz CT molecular complexity index is 221. The molecule has 0 saturated carbocycles. The molecular weight excluding hydrogens is 232 g/mol. The Morgan fingerprint density at radius 1 is 1.35 bits per heavy atom. The Hall–Kier alpha value is 0.230. The van der Waals surface area contributed by atoms with Gasteiger partial charge in [-0.2, -0.15) is 11.8 Å². The molecule has 3 atom stereocenters. The van der Waals surface area contributed by atoms with Crippen molar-refractivity contribution in [3.05, 3.63) is 0 Å². The molecule has 0 amide bonds. The molecule has 2 saturated heterocycles. The van der Waals surface area contributed by atoms with E-state index in [1.807, 2.05) is 11.8 Å². The van der Waals surface area contributed by atoms with Crippen molar-refractivity contribution in [2.45, 2.75) is 37.0 Å². The topological polar surface area (TPSA) is 38.5 Å². The molecule has 3 nitrogen and oxygen atoms in total. The van der Waals surface area contributed by atoms with Crippen LogP contribution in [0.2, 0.25) is 0 Å². The summed E-state index contributed by atoms with van der Waals surface area (Å²) in [6.07, 6.45) is 7.47. The second kappa shape index (κ2) is 6.98. The first-order valence-electron chi connectivity index (χ1n) is 6.89. The van der Waals surface area contributed by atoms with E-state index in [2.05, 4.69) is 11.2 Å². The van der Waals surface area contributed by atoms with E-state index in [9.17, 15) is 0 Å². The van der Waals surface area contributed by atoms with Crippen LogP contribution in [-0.4, -0.2) is 55.3 Å². The zero-order valence-electron chi connectivity index (χ0n) is 10.9. The first-order chi connectivity index (χ1) is 8.35. The van der Waals surface area contributed by atoms with Gasteiger partial charge in [0, 0.05) is 30.4 Å². The van der Waals surface area contributed by atoms with Crippen molar-refractivity contribution >= 4 is 11.8 Å². The van der Waals surface area contributed by atoms with Gasteiger partial charge >= 0.3 is 0 Å². The fourth-order valence-corrected chi connectivity index (χ4v) is 3.89. The minimum Gasteiger partial charge on any atom is -0.381 e. The largest absolute Gasteiger partial charge is 0.381 e. The Labute approximate surface area is 109 Å². The lowest BCUT2D eigenvalue weighted by Crippen LogP contribution is -2.46. The maximum Gasteiger partial charge on any atom is 0.0510 e. The molecule has 0 aromatic heterocycles. The van der Waals surface area contributed by atoms with Crippen molar-refractivity contribution in [3.63, 3.8) is 0 Å². The first kappa shape index (κ1) is 13.7. The summed E-state index contributed by atoms with van der Waals surface area (Å²) in [6, 6.07) is 0.554. The van der Waals surface area contributed by atoms with Crippen LogP contribution in [0.4, 0.5) is 0 Å². The smallest absolute Gasteiger partial charge is 0.0510 e. The summed E-state index contributed by atoms with van der Waals surface area (Å²) in [6.45, 7) is 5.10. The molecule has 2 N–H and O–H groups in total. The molecular formula is C13H26N2OS. The third kappa shape index (κ3) is 3.60. The number of hydrogen-bond acceptors (Lipinski definition) is 4. The molecule has 2 fully saturated rings. The van der Waals surface area contributed by atoms with Crippen LogP contribution in [0.25, 0.3) is 0 Å². The lowest BCUT2D eigenvalue weighted by Gasteiger charge is -2.33. The van der Waals surface area contributed by atoms with Gasteiger partial charge in [-0.1, -0.05) is 0 Å². The standard InChI is InChI=1S/C13H26N2OS/c1-17-12-3-2-6-15(7-4-12)13(9-14)11-5-8-16-10-11/h11-13H,2-10,14H2,1H3. The summed E-state index contributed by atoms with van der Waals surface area (Å²) in [5.41, 5.74) is 6.00. The van der Waals surface area contributed by atoms with Crippen molar-refractivity contribution in [3.8, 4) is 0 Å². The van der Waals surface area contributed by atoms with Gasteiger partial charge in [0.15, 0.2) is 0 Å². The van der Waals surface area contributed by atoms with Gasteiger partial charge in [0.25, 0.3) is 0 Å². The average Bonchev–Trinajstić information content (AvgIpc) is 2.76. The third-order valence-corrected chi connectivity index (χ3v) is 5.40. The molecule has 0 bridgehead atoms. The van der Waals surface area contributed by atoms with E-state index in [0.29, 0.717) is 12.0 Å². The quantitative estimate of drug-likeness (QED) is 0.831. The van der Waals surface area contributed by atoms with E-state index in [0.717, 1.165) is 25.0 Å². The second-order valence-corrected chi connectivity index (χ2v) is 6.39. The van der Waals surface area contributed by atoms with Gasteiger partial charge in [-0.15, -0.1) is 0 Å². The summed E-state index contributed by atoms with van der Waals surface area (Å²) in [5.74, 6) is 0.672. The summed E-state index contributed by atoms with van der Waals surface area (Å²) < 4.78 is 5.52. The molecule has 3 unspecified atom stereocenters. The fraction of sp³-hybridized carbons (Fsp3) is 1.00. The monoisotopic (exact) mass is 258 g/mol. The molecule has 2 aliphatic rings. The van der Waals surface area contributed by atoms with Crippen molar-refractivity contribution in [2.75, 3.05) is 39.1 Å². The zero-order valence-corrected chi connectivity index (χ0v) is 11.8. The second-order valence-electron chi connectivity index (χ2n) is 5.25. The molecule has 0 spiro atoms. The third-order valence-electron chi connectivity index (χ3n) is 4.26. The highest BCUT2D eigenvalue weighted by Crippen LogP contribution is 2.26. The molecule has 0 radical (unpaired) electrons. The highest BCUT2D eigenvalue weighted by atomic mass is 32.2. The maximum atomic E-state index is 6.00. The Morgan fingerprint density at radius 2 is 2.24 bits per heavy atom. The van der Waals surface area contributed by atoms with Gasteiger partial charge in [-0.3, -0.25) is 4.90 Å². The van der Waals surface area contributed by atoms with E-state index in [4.69, 9.17) is 10.5 Å². The van der Waals surface area contributed by atoms with Gasteiger partial charge in [-0.25, -0.2) is 0 Å². The van der Waals surface area contributed by atoms with Gasteiger partial charge < -0.3 is 10.5 Å². The fourth-order valence-electron chi connectivity index (χ4n) is 3.15. The first-order valence-corrected chi connectivity index (χ1v) is 8.18. The lowest BCUT2D eigenvalue weighted by atomic mass is 9.97. The van der Waals surface area contributed by atoms with E-state index >= 15 is 0 Å². The Kier molecular flexibility index (Phi) is 5.60. The molecule has 17 heavy (non-hydrogen) atoms. The van der Waals surface area contributed by atoms with E-state index < -0.39 is 0 Å². The van der Waals surface area contributed by atoms with Gasteiger partial charge in [0.1, 0.15) is 0 Å². The van der Waals surface area contributed by atoms with Crippen LogP contribution in [0.5, 0.6) is 0 Å². The molecule has 0 aromatic carbocycles. The molecule has 0 aromatic rings. The van der Waals surface area contributed by atoms with Crippen molar-refractivity contribution in [1.29, 1.82) is 0 Å². The van der Waals surface area contributed by atoms with E-state index in [1.54, 1.807) is 0 Å². The number of ether oxygens (including phenoxy) is 1. The predicted octanol–water partition coefficient (Wildman–Crippen LogP) is 1.57. The SMILES string of the molecule is CSC1CCCN(C(CN)C2CCOC2)CC1. The Morgan fingerprint density at radius 3 is 2.88 bits per heavy atom. The number of rotatable bonds is 4. The maximum absolute atomic E-state index is 6.00. The van der Waals surface area contributed by atoms with Crippen LogP contribution in [-0.2, 0) is 4.74 Å². The van der Waals surface area contributed by atoms with Crippen molar-refractivity contribution < 1.29 is 4.74 Å². The summed E-state index contributed by atoms with van der Waals surface area (Å²) in [4.78, 5) is 2.63. The van der Waals surface area contributed by atoms with Gasteiger partial charge in [0.2, 0.25) is 0 Å². The van der Waals surface area contributed by atoms with Gasteiger partial charge in [0.05, 0.1) is 6.61 Å². The van der Waals surface area contributed by atoms with E-state index in [-0.39, 0.29) is 0 Å². The number of hydrogen-bond donors (Lipinski definition) is 1. The minimum absolute atomic E-state index is 0.554. The number of nitrogens with zero attached hydrogens (tertiary/aromatic N) is 1. The Balaban J connectivity index is 1.89. The predicted molar refractivity (Wildman–Crippen MR) is 74.5 cm³/mol. The molecule has 0 aliphatic carbocycles. The number of likely N-dealkylation sites (tertiary alicyclic amines) is 1. The average molecular weight is 258 g/mol.